The first-order valence-corrected chi connectivity index (χ1v) is 8.48. The molecule has 27 heavy (non-hydrogen) atoms. The Kier molecular flexibility index (Phi) is 4.08. The van der Waals surface area contributed by atoms with Crippen LogP contribution < -0.4 is 16.2 Å². The normalized spacial score (nSPS) is 11.0. The van der Waals surface area contributed by atoms with E-state index in [0.29, 0.717) is 23.5 Å². The molecule has 0 aliphatic rings. The average molecular weight is 362 g/mol. The van der Waals surface area contributed by atoms with E-state index < -0.39 is 0 Å². The topological polar surface area (TPSA) is 93.3 Å². The van der Waals surface area contributed by atoms with Gasteiger partial charge in [0.1, 0.15) is 0 Å². The Hall–Kier alpha value is -3.68. The van der Waals surface area contributed by atoms with Gasteiger partial charge in [-0.25, -0.2) is 0 Å². The molecule has 0 unspecified atom stereocenters. The predicted octanol–water partition coefficient (Wildman–Crippen LogP) is 2.15. The minimum absolute atomic E-state index is 0.0985. The van der Waals surface area contributed by atoms with E-state index in [9.17, 15) is 9.59 Å². The van der Waals surface area contributed by atoms with Gasteiger partial charge in [0.15, 0.2) is 5.82 Å². The third kappa shape index (κ3) is 3.01. The fourth-order valence-corrected chi connectivity index (χ4v) is 3.06. The van der Waals surface area contributed by atoms with Crippen LogP contribution in [0, 0.1) is 0 Å². The molecule has 0 bridgehead atoms. The largest absolute Gasteiger partial charge is 0.378 e. The van der Waals surface area contributed by atoms with E-state index in [0.717, 1.165) is 16.9 Å². The fraction of sp³-hybridized carbons (Fsp3) is 0.158. The molecule has 0 fully saturated rings. The molecule has 0 spiro atoms. The van der Waals surface area contributed by atoms with Crippen molar-refractivity contribution in [3.63, 3.8) is 0 Å². The van der Waals surface area contributed by atoms with E-state index in [1.54, 1.807) is 13.1 Å². The molecule has 136 valence electrons. The molecule has 0 saturated carbocycles. The van der Waals surface area contributed by atoms with Crippen LogP contribution in [0.4, 0.5) is 11.4 Å². The van der Waals surface area contributed by atoms with Crippen LogP contribution in [0.25, 0.3) is 16.7 Å². The summed E-state index contributed by atoms with van der Waals surface area (Å²) in [5.41, 5.74) is 2.30. The Balaban J connectivity index is 1.67. The Morgan fingerprint density at radius 2 is 1.74 bits per heavy atom. The lowest BCUT2D eigenvalue weighted by atomic mass is 10.2. The highest BCUT2D eigenvalue weighted by atomic mass is 16.1. The predicted molar refractivity (Wildman–Crippen MR) is 104 cm³/mol. The molecule has 4 rings (SSSR count). The van der Waals surface area contributed by atoms with E-state index in [1.165, 1.54) is 11.5 Å². The van der Waals surface area contributed by atoms with Crippen LogP contribution in [0.2, 0.25) is 0 Å². The Morgan fingerprint density at radius 3 is 2.48 bits per heavy atom. The van der Waals surface area contributed by atoms with Gasteiger partial charge in [-0.2, -0.15) is 0 Å². The highest BCUT2D eigenvalue weighted by molar-refractivity contribution is 5.88. The molecular formula is C19H18N6O2. The first-order valence-electron chi connectivity index (χ1n) is 8.48. The van der Waals surface area contributed by atoms with Crippen LogP contribution in [-0.2, 0) is 18.4 Å². The smallest absolute Gasteiger partial charge is 0.262 e. The van der Waals surface area contributed by atoms with Gasteiger partial charge in [-0.15, -0.1) is 10.2 Å². The van der Waals surface area contributed by atoms with Gasteiger partial charge in [0.25, 0.3) is 5.56 Å². The van der Waals surface area contributed by atoms with Crippen molar-refractivity contribution in [2.75, 3.05) is 10.6 Å². The quantitative estimate of drug-likeness (QED) is 0.580. The van der Waals surface area contributed by atoms with Crippen molar-refractivity contribution in [3.8, 4) is 0 Å². The molecule has 0 saturated heterocycles. The van der Waals surface area contributed by atoms with Crippen LogP contribution >= 0.6 is 0 Å². The minimum atomic E-state index is -0.108. The number of anilines is 2. The van der Waals surface area contributed by atoms with Gasteiger partial charge in [-0.1, -0.05) is 12.1 Å². The van der Waals surface area contributed by atoms with Crippen molar-refractivity contribution in [1.82, 2.24) is 19.2 Å². The number of nitrogens with zero attached hydrogens (tertiary/aromatic N) is 4. The number of nitrogens with one attached hydrogen (secondary N) is 2. The third-order valence-corrected chi connectivity index (χ3v) is 4.35. The fourth-order valence-electron chi connectivity index (χ4n) is 3.06. The van der Waals surface area contributed by atoms with Crippen LogP contribution in [0.5, 0.6) is 0 Å². The summed E-state index contributed by atoms with van der Waals surface area (Å²) >= 11 is 0. The van der Waals surface area contributed by atoms with Crippen LogP contribution in [0.3, 0.4) is 0 Å². The third-order valence-electron chi connectivity index (χ3n) is 4.35. The van der Waals surface area contributed by atoms with Gasteiger partial charge in [-0.05, 0) is 36.4 Å². The molecule has 8 heteroatoms. The molecule has 1 amide bonds. The number of hydrogen-bond donors (Lipinski definition) is 2. The summed E-state index contributed by atoms with van der Waals surface area (Å²) in [6.07, 6.45) is 0. The number of rotatable bonds is 4. The van der Waals surface area contributed by atoms with Gasteiger partial charge >= 0.3 is 0 Å². The number of amides is 1. The summed E-state index contributed by atoms with van der Waals surface area (Å²) in [4.78, 5) is 23.6. The zero-order valence-electron chi connectivity index (χ0n) is 14.9. The molecular weight excluding hydrogens is 344 g/mol. The zero-order chi connectivity index (χ0) is 19.0. The molecule has 2 aromatic carbocycles. The average Bonchev–Trinajstić information content (AvgIpc) is 3.09. The second kappa shape index (κ2) is 6.56. The number of para-hydroxylation sites is 1. The maximum Gasteiger partial charge on any atom is 0.262 e. The first-order chi connectivity index (χ1) is 13.0. The molecule has 8 nitrogen and oxygen atoms in total. The van der Waals surface area contributed by atoms with Crippen molar-refractivity contribution < 1.29 is 4.79 Å². The van der Waals surface area contributed by atoms with Crippen molar-refractivity contribution in [2.45, 2.75) is 13.5 Å². The second-order valence-corrected chi connectivity index (χ2v) is 6.25. The molecule has 2 aromatic heterocycles. The number of carbonyl (C=O) groups is 1. The lowest BCUT2D eigenvalue weighted by molar-refractivity contribution is -0.114. The minimum Gasteiger partial charge on any atom is -0.378 e. The monoisotopic (exact) mass is 362 g/mol. The number of aryl methyl sites for hydroxylation is 1. The molecule has 0 radical (unpaired) electrons. The maximum atomic E-state index is 12.5. The van der Waals surface area contributed by atoms with E-state index >= 15 is 0 Å². The van der Waals surface area contributed by atoms with Crippen LogP contribution in [-0.4, -0.2) is 25.1 Å². The highest BCUT2D eigenvalue weighted by Crippen LogP contribution is 2.17. The lowest BCUT2D eigenvalue weighted by Crippen LogP contribution is -2.20. The summed E-state index contributed by atoms with van der Waals surface area (Å²) in [5.74, 6) is 1.09. The van der Waals surface area contributed by atoms with E-state index in [4.69, 9.17) is 0 Å². The van der Waals surface area contributed by atoms with Crippen molar-refractivity contribution >= 4 is 34.0 Å². The van der Waals surface area contributed by atoms with E-state index in [2.05, 4.69) is 20.8 Å². The number of fused-ring (bicyclic) bond motifs is 3. The molecule has 0 aliphatic heterocycles. The zero-order valence-corrected chi connectivity index (χ0v) is 14.9. The van der Waals surface area contributed by atoms with Crippen molar-refractivity contribution in [1.29, 1.82) is 0 Å². The standard InChI is InChI=1S/C19H18N6O2/c1-12(26)21-14-9-7-13(8-10-14)20-11-17-22-23-19-24(2)18(27)15-5-3-4-6-16(15)25(17)19/h3-10,20H,11H2,1-2H3,(H,21,26). The van der Waals surface area contributed by atoms with Gasteiger partial charge in [-0.3, -0.25) is 18.6 Å². The Bertz CT molecular complexity index is 1210. The molecule has 2 N–H and O–H groups in total. The maximum absolute atomic E-state index is 12.5. The second-order valence-electron chi connectivity index (χ2n) is 6.25. The van der Waals surface area contributed by atoms with E-state index in [1.807, 2.05) is 46.9 Å². The summed E-state index contributed by atoms with van der Waals surface area (Å²) in [6, 6.07) is 14.8. The molecule has 0 aliphatic carbocycles. The van der Waals surface area contributed by atoms with Crippen molar-refractivity contribution in [3.05, 3.63) is 64.7 Å². The molecule has 0 atom stereocenters. The van der Waals surface area contributed by atoms with E-state index in [-0.39, 0.29) is 11.5 Å². The molecule has 4 aromatic rings. The van der Waals surface area contributed by atoms with Gasteiger partial charge < -0.3 is 10.6 Å². The van der Waals surface area contributed by atoms with Gasteiger partial charge in [0.05, 0.1) is 17.4 Å². The number of hydrogen-bond acceptors (Lipinski definition) is 5. The Morgan fingerprint density at radius 1 is 1.04 bits per heavy atom. The summed E-state index contributed by atoms with van der Waals surface area (Å²) < 4.78 is 3.39. The van der Waals surface area contributed by atoms with Gasteiger partial charge in [0, 0.05) is 25.3 Å². The van der Waals surface area contributed by atoms with Crippen LogP contribution in [0.15, 0.2) is 53.3 Å². The van der Waals surface area contributed by atoms with Gasteiger partial charge in [0.2, 0.25) is 11.7 Å². The molecule has 2 heterocycles. The number of carbonyl (C=O) groups excluding carboxylic acids is 1. The van der Waals surface area contributed by atoms with Crippen LogP contribution in [0.1, 0.15) is 12.7 Å². The summed E-state index contributed by atoms with van der Waals surface area (Å²) in [7, 11) is 1.69. The SMILES string of the molecule is CC(=O)Nc1ccc(NCc2nnc3n(C)c(=O)c4ccccc4n23)cc1. The Labute approximate surface area is 154 Å². The number of aromatic nitrogens is 4. The lowest BCUT2D eigenvalue weighted by Gasteiger charge is -2.09. The summed E-state index contributed by atoms with van der Waals surface area (Å²) in [5, 5.41) is 15.1. The highest BCUT2D eigenvalue weighted by Gasteiger charge is 2.14. The summed E-state index contributed by atoms with van der Waals surface area (Å²) in [6.45, 7) is 1.91. The number of benzene rings is 2. The first kappa shape index (κ1) is 16.8. The van der Waals surface area contributed by atoms with Crippen molar-refractivity contribution in [2.24, 2.45) is 7.05 Å².